The Labute approximate surface area is 176 Å². The van der Waals surface area contributed by atoms with Crippen molar-refractivity contribution in [3.63, 3.8) is 0 Å². The third-order valence-corrected chi connectivity index (χ3v) is 4.65. The zero-order valence-electron chi connectivity index (χ0n) is 18.5. The average Bonchev–Trinajstić information content (AvgIpc) is 3.01. The maximum atomic E-state index is 12.6. The molecule has 0 fully saturated rings. The number of amides is 2. The van der Waals surface area contributed by atoms with E-state index in [1.807, 2.05) is 0 Å². The van der Waals surface area contributed by atoms with Gasteiger partial charge in [0.25, 0.3) is 0 Å². The predicted octanol–water partition coefficient (Wildman–Crippen LogP) is 1.81. The van der Waals surface area contributed by atoms with Gasteiger partial charge >= 0.3 is 18.2 Å². The third kappa shape index (κ3) is 5.62. The minimum absolute atomic E-state index is 0.0897. The maximum absolute atomic E-state index is 12.6. The molecule has 0 atom stereocenters. The Morgan fingerprint density at radius 3 is 2.47 bits per heavy atom. The minimum atomic E-state index is -1.04. The quantitative estimate of drug-likeness (QED) is 0.542. The highest BCUT2D eigenvalue weighted by Gasteiger charge is 2.31. The number of nitrogens with zero attached hydrogens (tertiary/aromatic N) is 5. The summed E-state index contributed by atoms with van der Waals surface area (Å²) >= 11 is 0. The fourth-order valence-corrected chi connectivity index (χ4v) is 3.04. The maximum Gasteiger partial charge on any atom is 0.424 e. The topological polar surface area (TPSA) is 117 Å². The molecule has 0 saturated heterocycles. The first-order valence-corrected chi connectivity index (χ1v) is 9.86. The van der Waals surface area contributed by atoms with Crippen LogP contribution in [-0.4, -0.2) is 87.4 Å². The van der Waals surface area contributed by atoms with Gasteiger partial charge in [0.05, 0.1) is 25.4 Å². The number of fused-ring (bicyclic) bond motifs is 1. The van der Waals surface area contributed by atoms with Gasteiger partial charge in [-0.15, -0.1) is 0 Å². The minimum Gasteiger partial charge on any atom is -0.465 e. The van der Waals surface area contributed by atoms with E-state index in [4.69, 9.17) is 9.47 Å². The third-order valence-electron chi connectivity index (χ3n) is 4.65. The van der Waals surface area contributed by atoms with Gasteiger partial charge in [-0.1, -0.05) is 0 Å². The van der Waals surface area contributed by atoms with Gasteiger partial charge in [-0.25, -0.2) is 24.4 Å². The van der Waals surface area contributed by atoms with Crippen molar-refractivity contribution in [2.75, 3.05) is 33.8 Å². The molecule has 1 aromatic rings. The number of aromatic nitrogens is 2. The molecular formula is C19H31N5O6. The summed E-state index contributed by atoms with van der Waals surface area (Å²) in [4.78, 5) is 37.4. The van der Waals surface area contributed by atoms with Gasteiger partial charge in [0, 0.05) is 39.2 Å². The van der Waals surface area contributed by atoms with E-state index in [1.165, 1.54) is 14.6 Å². The van der Waals surface area contributed by atoms with Crippen LogP contribution in [-0.2, 0) is 29.0 Å². The molecule has 30 heavy (non-hydrogen) atoms. The van der Waals surface area contributed by atoms with E-state index in [-0.39, 0.29) is 18.8 Å². The Hall–Kier alpha value is -2.82. The Morgan fingerprint density at radius 1 is 1.23 bits per heavy atom. The van der Waals surface area contributed by atoms with Crippen molar-refractivity contribution >= 4 is 18.2 Å². The first kappa shape index (κ1) is 23.5. The molecule has 2 rings (SSSR count). The van der Waals surface area contributed by atoms with Crippen LogP contribution < -0.4 is 0 Å². The van der Waals surface area contributed by atoms with E-state index < -0.39 is 23.8 Å². The van der Waals surface area contributed by atoms with Gasteiger partial charge in [-0.05, 0) is 27.7 Å². The number of hydrogen-bond acceptors (Lipinski definition) is 7. The lowest BCUT2D eigenvalue weighted by Gasteiger charge is -2.30. The SMILES string of the molecule is CCOC(=O)c1c2c(nn1CCN(C)N(C)C(=O)OC(C)(C)C)CCN(C(=O)O)C2. The van der Waals surface area contributed by atoms with Gasteiger partial charge in [-0.3, -0.25) is 4.68 Å². The molecule has 0 bridgehead atoms. The van der Waals surface area contributed by atoms with Crippen LogP contribution in [0.1, 0.15) is 49.4 Å². The van der Waals surface area contributed by atoms with Crippen LogP contribution in [0.15, 0.2) is 0 Å². The summed E-state index contributed by atoms with van der Waals surface area (Å²) in [5, 5.41) is 16.8. The zero-order chi connectivity index (χ0) is 22.6. The number of carbonyl (C=O) groups is 3. The lowest BCUT2D eigenvalue weighted by molar-refractivity contribution is -0.0275. The van der Waals surface area contributed by atoms with Crippen LogP contribution >= 0.6 is 0 Å². The predicted molar refractivity (Wildman–Crippen MR) is 107 cm³/mol. The smallest absolute Gasteiger partial charge is 0.424 e. The molecule has 11 heteroatoms. The van der Waals surface area contributed by atoms with Crippen LogP contribution in [0.5, 0.6) is 0 Å². The second kappa shape index (κ2) is 9.33. The number of likely N-dealkylation sites (N-methyl/N-ethyl adjacent to an activating group) is 1. The van der Waals surface area contributed by atoms with Gasteiger partial charge in [-0.2, -0.15) is 5.10 Å². The lowest BCUT2D eigenvalue weighted by atomic mass is 10.1. The molecule has 0 radical (unpaired) electrons. The number of rotatable bonds is 6. The standard InChI is InChI=1S/C19H31N5O6/c1-7-29-16(25)15-13-12-23(17(26)27)9-8-14(13)20-24(15)11-10-21(5)22(6)18(28)30-19(2,3)4/h7-12H2,1-6H3,(H,26,27). The molecule has 0 spiro atoms. The van der Waals surface area contributed by atoms with Gasteiger partial charge in [0.1, 0.15) is 5.60 Å². The number of hydrogen-bond donors (Lipinski definition) is 1. The van der Waals surface area contributed by atoms with E-state index in [2.05, 4.69) is 5.10 Å². The van der Waals surface area contributed by atoms with Gasteiger partial charge in [0.2, 0.25) is 0 Å². The molecule has 2 heterocycles. The summed E-state index contributed by atoms with van der Waals surface area (Å²) in [6.07, 6.45) is -1.11. The summed E-state index contributed by atoms with van der Waals surface area (Å²) in [6, 6.07) is 0. The van der Waals surface area contributed by atoms with Crippen LogP contribution in [0.2, 0.25) is 0 Å². The van der Waals surface area contributed by atoms with Crippen molar-refractivity contribution in [3.8, 4) is 0 Å². The fraction of sp³-hybridized carbons (Fsp3) is 0.684. The van der Waals surface area contributed by atoms with E-state index in [1.54, 1.807) is 46.8 Å². The molecule has 168 valence electrons. The van der Waals surface area contributed by atoms with E-state index in [0.717, 1.165) is 0 Å². The molecule has 1 aromatic heterocycles. The molecular weight excluding hydrogens is 394 g/mol. The summed E-state index contributed by atoms with van der Waals surface area (Å²) in [5.74, 6) is -0.540. The van der Waals surface area contributed by atoms with Crippen LogP contribution in [0, 0.1) is 0 Å². The Kier molecular flexibility index (Phi) is 7.30. The highest BCUT2D eigenvalue weighted by Crippen LogP contribution is 2.23. The Balaban J connectivity index is 2.18. The molecule has 1 aliphatic rings. The molecule has 2 amide bonds. The van der Waals surface area contributed by atoms with E-state index in [0.29, 0.717) is 37.3 Å². The Bertz CT molecular complexity index is 800. The molecule has 1 N–H and O–H groups in total. The largest absolute Gasteiger partial charge is 0.465 e. The second-order valence-corrected chi connectivity index (χ2v) is 8.06. The number of carboxylic acid groups (broad SMARTS) is 1. The van der Waals surface area contributed by atoms with Gasteiger partial charge < -0.3 is 19.5 Å². The highest BCUT2D eigenvalue weighted by molar-refractivity contribution is 5.89. The normalized spacial score (nSPS) is 13.8. The number of esters is 1. The zero-order valence-corrected chi connectivity index (χ0v) is 18.5. The van der Waals surface area contributed by atoms with Crippen molar-refractivity contribution in [1.82, 2.24) is 24.7 Å². The summed E-state index contributed by atoms with van der Waals surface area (Å²) in [7, 11) is 3.32. The number of carbonyl (C=O) groups excluding carboxylic acids is 2. The van der Waals surface area contributed by atoms with Crippen molar-refractivity contribution in [2.45, 2.75) is 52.8 Å². The van der Waals surface area contributed by atoms with Crippen LogP contribution in [0.4, 0.5) is 9.59 Å². The lowest BCUT2D eigenvalue weighted by Crippen LogP contribution is -2.45. The molecule has 1 aliphatic heterocycles. The number of hydrazine groups is 1. The van der Waals surface area contributed by atoms with Crippen molar-refractivity contribution in [2.24, 2.45) is 0 Å². The second-order valence-electron chi connectivity index (χ2n) is 8.06. The number of ether oxygens (including phenoxy) is 2. The fourth-order valence-electron chi connectivity index (χ4n) is 3.04. The van der Waals surface area contributed by atoms with Crippen molar-refractivity contribution in [1.29, 1.82) is 0 Å². The monoisotopic (exact) mass is 425 g/mol. The summed E-state index contributed by atoms with van der Waals surface area (Å²) < 4.78 is 12.1. The summed E-state index contributed by atoms with van der Waals surface area (Å²) in [5.41, 5.74) is 0.912. The molecule has 0 saturated carbocycles. The van der Waals surface area contributed by atoms with Crippen molar-refractivity contribution in [3.05, 3.63) is 17.0 Å². The van der Waals surface area contributed by atoms with Gasteiger partial charge in [0.15, 0.2) is 5.69 Å². The molecule has 0 unspecified atom stereocenters. The van der Waals surface area contributed by atoms with Crippen LogP contribution in [0.3, 0.4) is 0 Å². The van der Waals surface area contributed by atoms with E-state index >= 15 is 0 Å². The van der Waals surface area contributed by atoms with Crippen LogP contribution in [0.25, 0.3) is 0 Å². The molecule has 0 aliphatic carbocycles. The molecule has 0 aromatic carbocycles. The Morgan fingerprint density at radius 2 is 1.90 bits per heavy atom. The van der Waals surface area contributed by atoms with Crippen molar-refractivity contribution < 1.29 is 29.0 Å². The average molecular weight is 425 g/mol. The first-order chi connectivity index (χ1) is 13.9. The van der Waals surface area contributed by atoms with E-state index in [9.17, 15) is 19.5 Å². The molecule has 11 nitrogen and oxygen atoms in total. The first-order valence-electron chi connectivity index (χ1n) is 9.86. The summed E-state index contributed by atoms with van der Waals surface area (Å²) in [6.45, 7) is 8.36. The highest BCUT2D eigenvalue weighted by atomic mass is 16.6.